The molecule has 27 heavy (non-hydrogen) atoms. The fourth-order valence-corrected chi connectivity index (χ4v) is 2.41. The summed E-state index contributed by atoms with van der Waals surface area (Å²) in [6.07, 6.45) is -4.45. The smallest absolute Gasteiger partial charge is 0.416 e. The lowest BCUT2D eigenvalue weighted by Crippen LogP contribution is -2.05. The molecule has 0 saturated heterocycles. The molecule has 1 aromatic heterocycles. The normalized spacial score (nSPS) is 11.2. The summed E-state index contributed by atoms with van der Waals surface area (Å²) in [6, 6.07) is 16.1. The molecule has 3 rings (SSSR count). The minimum absolute atomic E-state index is 0.0667. The minimum atomic E-state index is -4.45. The number of hydrogen-bond acceptors (Lipinski definition) is 3. The van der Waals surface area contributed by atoms with E-state index < -0.39 is 17.7 Å². The van der Waals surface area contributed by atoms with Gasteiger partial charge in [0, 0.05) is 11.6 Å². The van der Waals surface area contributed by atoms with Crippen molar-refractivity contribution in [3.63, 3.8) is 0 Å². The lowest BCUT2D eigenvalue weighted by Gasteiger charge is -2.10. The van der Waals surface area contributed by atoms with Gasteiger partial charge in [-0.2, -0.15) is 13.2 Å². The van der Waals surface area contributed by atoms with Gasteiger partial charge in [0.15, 0.2) is 0 Å². The van der Waals surface area contributed by atoms with Gasteiger partial charge in [-0.25, -0.2) is 9.78 Å². The van der Waals surface area contributed by atoms with E-state index in [0.29, 0.717) is 5.56 Å². The van der Waals surface area contributed by atoms with Crippen LogP contribution in [-0.4, -0.2) is 16.1 Å². The van der Waals surface area contributed by atoms with Gasteiger partial charge in [0.2, 0.25) is 5.88 Å². The largest absolute Gasteiger partial charge is 0.478 e. The monoisotopic (exact) mass is 373 g/mol. The number of carboxylic acid groups (broad SMARTS) is 1. The molecule has 3 aromatic rings. The molecule has 0 aliphatic carbocycles. The second kappa shape index (κ2) is 7.49. The molecule has 2 aromatic carbocycles. The number of hydrogen-bond donors (Lipinski definition) is 1. The average Bonchev–Trinajstić information content (AvgIpc) is 2.66. The third kappa shape index (κ3) is 4.63. The van der Waals surface area contributed by atoms with Crippen LogP contribution in [0, 0.1) is 0 Å². The Bertz CT molecular complexity index is 939. The maximum absolute atomic E-state index is 12.7. The Morgan fingerprint density at radius 1 is 1.00 bits per heavy atom. The van der Waals surface area contributed by atoms with E-state index in [4.69, 9.17) is 4.74 Å². The number of halogens is 3. The highest BCUT2D eigenvalue weighted by atomic mass is 19.4. The van der Waals surface area contributed by atoms with E-state index in [-0.39, 0.29) is 23.7 Å². The molecule has 0 unspecified atom stereocenters. The summed E-state index contributed by atoms with van der Waals surface area (Å²) in [4.78, 5) is 15.6. The summed E-state index contributed by atoms with van der Waals surface area (Å²) in [5, 5.41) is 9.28. The second-order valence-corrected chi connectivity index (χ2v) is 5.73. The second-order valence-electron chi connectivity index (χ2n) is 5.73. The van der Waals surface area contributed by atoms with Gasteiger partial charge in [-0.3, -0.25) is 0 Å². The van der Waals surface area contributed by atoms with Crippen molar-refractivity contribution < 1.29 is 27.8 Å². The molecular formula is C20H14F3NO3. The number of benzene rings is 2. The highest BCUT2D eigenvalue weighted by molar-refractivity contribution is 5.89. The summed E-state index contributed by atoms with van der Waals surface area (Å²) in [5.41, 5.74) is 0.586. The van der Waals surface area contributed by atoms with Crippen LogP contribution in [0.15, 0.2) is 66.7 Å². The van der Waals surface area contributed by atoms with E-state index in [1.165, 1.54) is 24.3 Å². The predicted octanol–water partition coefficient (Wildman–Crippen LogP) is 5.04. The van der Waals surface area contributed by atoms with Crippen molar-refractivity contribution in [2.24, 2.45) is 0 Å². The van der Waals surface area contributed by atoms with Gasteiger partial charge in [0.1, 0.15) is 6.61 Å². The van der Waals surface area contributed by atoms with Crippen molar-refractivity contribution in [1.82, 2.24) is 4.98 Å². The third-order valence-corrected chi connectivity index (χ3v) is 3.79. The number of ether oxygens (including phenoxy) is 1. The first-order valence-electron chi connectivity index (χ1n) is 7.92. The number of carboxylic acids is 1. The van der Waals surface area contributed by atoms with Gasteiger partial charge < -0.3 is 9.84 Å². The first-order chi connectivity index (χ1) is 12.8. The Balaban J connectivity index is 1.90. The quantitative estimate of drug-likeness (QED) is 0.680. The summed E-state index contributed by atoms with van der Waals surface area (Å²) < 4.78 is 43.7. The molecule has 7 heteroatoms. The molecule has 0 aliphatic heterocycles. The maximum atomic E-state index is 12.7. The van der Waals surface area contributed by atoms with E-state index in [9.17, 15) is 23.1 Å². The highest BCUT2D eigenvalue weighted by Gasteiger charge is 2.30. The molecule has 1 heterocycles. The molecule has 138 valence electrons. The molecule has 1 N–H and O–H groups in total. The molecule has 0 fully saturated rings. The van der Waals surface area contributed by atoms with Gasteiger partial charge >= 0.3 is 12.1 Å². The van der Waals surface area contributed by atoms with Crippen molar-refractivity contribution in [1.29, 1.82) is 0 Å². The van der Waals surface area contributed by atoms with E-state index in [1.807, 2.05) is 30.3 Å². The molecule has 0 atom stereocenters. The van der Waals surface area contributed by atoms with Crippen LogP contribution in [0.2, 0.25) is 0 Å². The minimum Gasteiger partial charge on any atom is -0.478 e. The van der Waals surface area contributed by atoms with Crippen molar-refractivity contribution in [3.05, 3.63) is 83.4 Å². The Labute approximate surface area is 152 Å². The van der Waals surface area contributed by atoms with Crippen LogP contribution in [0.4, 0.5) is 13.2 Å². The number of carbonyl (C=O) groups is 1. The van der Waals surface area contributed by atoms with Crippen molar-refractivity contribution in [3.8, 4) is 17.1 Å². The molecule has 0 saturated carbocycles. The van der Waals surface area contributed by atoms with Gasteiger partial charge in [-0.1, -0.05) is 42.5 Å². The number of rotatable bonds is 5. The molecule has 4 nitrogen and oxygen atoms in total. The summed E-state index contributed by atoms with van der Waals surface area (Å²) >= 11 is 0. The number of alkyl halides is 3. The van der Waals surface area contributed by atoms with Crippen LogP contribution in [0.5, 0.6) is 5.88 Å². The highest BCUT2D eigenvalue weighted by Crippen LogP contribution is 2.31. The molecule has 0 aliphatic rings. The summed E-state index contributed by atoms with van der Waals surface area (Å²) in [6.45, 7) is 0.184. The zero-order valence-corrected chi connectivity index (χ0v) is 13.9. The first-order valence-corrected chi connectivity index (χ1v) is 7.92. The number of pyridine rings is 1. The maximum Gasteiger partial charge on any atom is 0.416 e. The Morgan fingerprint density at radius 2 is 1.67 bits per heavy atom. The fraction of sp³-hybridized carbons (Fsp3) is 0.100. The van der Waals surface area contributed by atoms with Gasteiger partial charge in [-0.05, 0) is 23.8 Å². The van der Waals surface area contributed by atoms with E-state index >= 15 is 0 Å². The van der Waals surface area contributed by atoms with Crippen molar-refractivity contribution in [2.75, 3.05) is 0 Å². The van der Waals surface area contributed by atoms with Crippen LogP contribution >= 0.6 is 0 Å². The predicted molar refractivity (Wildman–Crippen MR) is 92.4 cm³/mol. The molecule has 0 radical (unpaired) electrons. The Kier molecular flexibility index (Phi) is 5.12. The van der Waals surface area contributed by atoms with Crippen LogP contribution in [-0.2, 0) is 12.8 Å². The third-order valence-electron chi connectivity index (χ3n) is 3.79. The lowest BCUT2D eigenvalue weighted by atomic mass is 10.1. The van der Waals surface area contributed by atoms with Crippen LogP contribution in [0.3, 0.4) is 0 Å². The number of aromatic nitrogens is 1. The van der Waals surface area contributed by atoms with Crippen molar-refractivity contribution in [2.45, 2.75) is 12.8 Å². The Hall–Kier alpha value is -3.35. The molecule has 0 amide bonds. The van der Waals surface area contributed by atoms with E-state index in [2.05, 4.69) is 4.98 Å². The lowest BCUT2D eigenvalue weighted by molar-refractivity contribution is -0.137. The Morgan fingerprint density at radius 3 is 2.26 bits per heavy atom. The number of nitrogens with zero attached hydrogens (tertiary/aromatic N) is 1. The van der Waals surface area contributed by atoms with Crippen LogP contribution < -0.4 is 4.74 Å². The van der Waals surface area contributed by atoms with Crippen LogP contribution in [0.1, 0.15) is 21.5 Å². The zero-order valence-electron chi connectivity index (χ0n) is 13.9. The van der Waals surface area contributed by atoms with Gasteiger partial charge in [0.25, 0.3) is 0 Å². The van der Waals surface area contributed by atoms with E-state index in [0.717, 1.165) is 17.7 Å². The average molecular weight is 373 g/mol. The molecular weight excluding hydrogens is 359 g/mol. The van der Waals surface area contributed by atoms with E-state index in [1.54, 1.807) is 0 Å². The van der Waals surface area contributed by atoms with Gasteiger partial charge in [-0.15, -0.1) is 0 Å². The zero-order chi connectivity index (χ0) is 19.4. The topological polar surface area (TPSA) is 59.4 Å². The van der Waals surface area contributed by atoms with Crippen molar-refractivity contribution >= 4 is 5.97 Å². The van der Waals surface area contributed by atoms with Crippen LogP contribution in [0.25, 0.3) is 11.3 Å². The summed E-state index contributed by atoms with van der Waals surface area (Å²) in [5.74, 6) is -1.11. The number of aromatic carboxylic acids is 1. The first kappa shape index (κ1) is 18.4. The standard InChI is InChI=1S/C20H14F3NO3/c21-20(22,23)16-8-6-14(7-9-16)17-10-15(19(25)26)11-18(24-17)27-12-13-4-2-1-3-5-13/h1-11H,12H2,(H,25,26). The van der Waals surface area contributed by atoms with Gasteiger partial charge in [0.05, 0.1) is 16.8 Å². The molecule has 0 bridgehead atoms. The SMILES string of the molecule is O=C(O)c1cc(OCc2ccccc2)nc(-c2ccc(C(F)(F)F)cc2)c1. The molecule has 0 spiro atoms. The summed E-state index contributed by atoms with van der Waals surface area (Å²) in [7, 11) is 0. The fourth-order valence-electron chi connectivity index (χ4n) is 2.41.